The molecule has 0 aromatic heterocycles. The van der Waals surface area contributed by atoms with Gasteiger partial charge in [0.2, 0.25) is 0 Å². The van der Waals surface area contributed by atoms with Gasteiger partial charge in [0.15, 0.2) is 9.68 Å². The van der Waals surface area contributed by atoms with Crippen molar-refractivity contribution in [2.75, 3.05) is 13.2 Å². The fourth-order valence-electron chi connectivity index (χ4n) is 2.37. The lowest BCUT2D eigenvalue weighted by Gasteiger charge is -2.39. The van der Waals surface area contributed by atoms with E-state index < -0.39 is 4.57 Å². The van der Waals surface area contributed by atoms with Crippen molar-refractivity contribution >= 4 is 33.3 Å². The molecule has 1 aliphatic rings. The summed E-state index contributed by atoms with van der Waals surface area (Å²) in [7, 11) is 0. The summed E-state index contributed by atoms with van der Waals surface area (Å²) < 4.78 is 18.9. The lowest BCUT2D eigenvalue weighted by atomic mass is 10.1. The number of benzene rings is 1. The van der Waals surface area contributed by atoms with Crippen LogP contribution in [-0.4, -0.2) is 27.7 Å². The first-order chi connectivity index (χ1) is 11.0. The third-order valence-electron chi connectivity index (χ3n) is 3.39. The number of hydrogen-bond acceptors (Lipinski definition) is 3. The summed E-state index contributed by atoms with van der Waals surface area (Å²) in [6.45, 7) is 2.92. The topological polar surface area (TPSA) is 50.5 Å². The Kier molecular flexibility index (Phi) is 6.01. The van der Waals surface area contributed by atoms with E-state index in [-0.39, 0.29) is 10.9 Å². The van der Waals surface area contributed by atoms with Gasteiger partial charge in [-0.25, -0.2) is 4.39 Å². The smallest absolute Gasteiger partial charge is 0.189 e. The molecular weight excluding hydrogens is 381 g/mol. The summed E-state index contributed by atoms with van der Waals surface area (Å²) in [5, 5.41) is 3.16. The molecule has 0 radical (unpaired) electrons. The molecule has 1 aliphatic heterocycles. The van der Waals surface area contributed by atoms with Crippen molar-refractivity contribution in [3.05, 3.63) is 54.0 Å². The van der Waals surface area contributed by atoms with E-state index in [9.17, 15) is 4.39 Å². The second-order valence-corrected chi connectivity index (χ2v) is 6.60. The van der Waals surface area contributed by atoms with Crippen molar-refractivity contribution < 1.29 is 9.13 Å². The lowest BCUT2D eigenvalue weighted by molar-refractivity contribution is 0.274. The Morgan fingerprint density at radius 3 is 2.96 bits per heavy atom. The third kappa shape index (κ3) is 4.45. The minimum atomic E-state index is -0.718. The fraction of sp³-hybridized carbons (Fsp3) is 0.312. The number of alkyl halides is 1. The van der Waals surface area contributed by atoms with Gasteiger partial charge in [0, 0.05) is 18.3 Å². The summed E-state index contributed by atoms with van der Waals surface area (Å²) in [6.07, 6.45) is 8.03. The molecule has 1 aromatic carbocycles. The fourth-order valence-corrected chi connectivity index (χ4v) is 3.32. The average Bonchev–Trinajstić information content (AvgIpc) is 2.47. The Morgan fingerprint density at radius 1 is 1.48 bits per heavy atom. The molecule has 23 heavy (non-hydrogen) atoms. The zero-order chi connectivity index (χ0) is 16.9. The molecule has 7 heteroatoms. The molecule has 1 heterocycles. The number of nitrogens with zero attached hydrogens (tertiary/aromatic N) is 1. The van der Waals surface area contributed by atoms with E-state index in [2.05, 4.69) is 21.2 Å². The van der Waals surface area contributed by atoms with Gasteiger partial charge in [0.05, 0.1) is 6.61 Å². The van der Waals surface area contributed by atoms with Crippen LogP contribution in [-0.2, 0) is 6.42 Å². The van der Waals surface area contributed by atoms with Crippen LogP contribution in [0.15, 0.2) is 42.6 Å². The number of allylic oxidation sites excluding steroid dienone is 2. The highest BCUT2D eigenvalue weighted by molar-refractivity contribution is 9.10. The standard InChI is InChI=1S/C16H19BrFN3OS/c1-2-22-14-7-5-6-13(18)12(14)8-11-21-10-4-3-9-16(21,17)20-15(19)23/h3-7,9-10H,2,8,11H2,1H3,(H3,19,20,23). The first-order valence-electron chi connectivity index (χ1n) is 7.25. The molecule has 124 valence electrons. The number of halogens is 2. The largest absolute Gasteiger partial charge is 0.493 e. The molecule has 2 rings (SSSR count). The zero-order valence-corrected chi connectivity index (χ0v) is 15.2. The molecular formula is C16H19BrFN3OS. The van der Waals surface area contributed by atoms with Crippen LogP contribution in [0.1, 0.15) is 12.5 Å². The molecule has 0 saturated heterocycles. The van der Waals surface area contributed by atoms with Crippen molar-refractivity contribution in [2.24, 2.45) is 5.73 Å². The van der Waals surface area contributed by atoms with Crippen molar-refractivity contribution in [2.45, 2.75) is 17.9 Å². The molecule has 0 spiro atoms. The second kappa shape index (κ2) is 7.79. The van der Waals surface area contributed by atoms with E-state index in [0.717, 1.165) is 0 Å². The van der Waals surface area contributed by atoms with E-state index in [1.165, 1.54) is 6.07 Å². The predicted octanol–water partition coefficient (Wildman–Crippen LogP) is 3.03. The van der Waals surface area contributed by atoms with E-state index in [4.69, 9.17) is 22.7 Å². The van der Waals surface area contributed by atoms with Crippen LogP contribution in [0, 0.1) is 5.82 Å². The van der Waals surface area contributed by atoms with E-state index in [1.807, 2.05) is 36.3 Å². The monoisotopic (exact) mass is 399 g/mol. The predicted molar refractivity (Wildman–Crippen MR) is 97.8 cm³/mol. The quantitative estimate of drug-likeness (QED) is 0.437. The molecule has 0 saturated carbocycles. The van der Waals surface area contributed by atoms with Crippen LogP contribution < -0.4 is 15.8 Å². The molecule has 0 aliphatic carbocycles. The van der Waals surface area contributed by atoms with Crippen LogP contribution in [0.2, 0.25) is 0 Å². The molecule has 4 nitrogen and oxygen atoms in total. The van der Waals surface area contributed by atoms with Crippen LogP contribution >= 0.6 is 28.1 Å². The van der Waals surface area contributed by atoms with E-state index in [0.29, 0.717) is 30.9 Å². The first kappa shape index (κ1) is 17.7. The number of nitrogens with one attached hydrogen (secondary N) is 1. The minimum absolute atomic E-state index is 0.174. The maximum Gasteiger partial charge on any atom is 0.189 e. The molecule has 1 unspecified atom stereocenters. The maximum absolute atomic E-state index is 14.1. The van der Waals surface area contributed by atoms with Gasteiger partial charge >= 0.3 is 0 Å². The van der Waals surface area contributed by atoms with Crippen molar-refractivity contribution in [3.63, 3.8) is 0 Å². The zero-order valence-electron chi connectivity index (χ0n) is 12.8. The second-order valence-electron chi connectivity index (χ2n) is 4.96. The van der Waals surface area contributed by atoms with Crippen LogP contribution in [0.25, 0.3) is 0 Å². The average molecular weight is 400 g/mol. The van der Waals surface area contributed by atoms with Crippen molar-refractivity contribution in [1.29, 1.82) is 0 Å². The summed E-state index contributed by atoms with van der Waals surface area (Å²) in [4.78, 5) is 1.95. The maximum atomic E-state index is 14.1. The summed E-state index contributed by atoms with van der Waals surface area (Å²) in [5.41, 5.74) is 6.15. The number of nitrogens with two attached hydrogens (primary N) is 1. The van der Waals surface area contributed by atoms with Gasteiger partial charge in [0.25, 0.3) is 0 Å². The minimum Gasteiger partial charge on any atom is -0.493 e. The first-order valence-corrected chi connectivity index (χ1v) is 8.46. The molecule has 0 bridgehead atoms. The van der Waals surface area contributed by atoms with E-state index in [1.54, 1.807) is 12.1 Å². The molecule has 1 aromatic rings. The highest BCUT2D eigenvalue weighted by atomic mass is 79.9. The van der Waals surface area contributed by atoms with Gasteiger partial charge < -0.3 is 20.7 Å². The van der Waals surface area contributed by atoms with Gasteiger partial charge in [-0.1, -0.05) is 12.1 Å². The Balaban J connectivity index is 2.15. The highest BCUT2D eigenvalue weighted by Crippen LogP contribution is 2.28. The number of hydrogen-bond donors (Lipinski definition) is 2. The van der Waals surface area contributed by atoms with Crippen molar-refractivity contribution in [1.82, 2.24) is 10.2 Å². The molecule has 0 fully saturated rings. The van der Waals surface area contributed by atoms with Gasteiger partial charge in [0.1, 0.15) is 11.6 Å². The van der Waals surface area contributed by atoms with Gasteiger partial charge in [-0.05, 0) is 65.8 Å². The number of thiocarbonyl (C=S) groups is 1. The Morgan fingerprint density at radius 2 is 2.26 bits per heavy atom. The molecule has 0 amide bonds. The van der Waals surface area contributed by atoms with Crippen LogP contribution in [0.5, 0.6) is 5.75 Å². The Bertz CT molecular complexity index is 638. The molecule has 1 atom stereocenters. The third-order valence-corrected chi connectivity index (χ3v) is 4.41. The Hall–Kier alpha value is -1.60. The normalized spacial score (nSPS) is 19.7. The van der Waals surface area contributed by atoms with Crippen LogP contribution in [0.4, 0.5) is 4.39 Å². The number of rotatable bonds is 6. The summed E-state index contributed by atoms with van der Waals surface area (Å²) >= 11 is 8.52. The SMILES string of the molecule is CCOc1cccc(F)c1CCN1C=CC=CC1(Br)NC(N)=S. The summed E-state index contributed by atoms with van der Waals surface area (Å²) in [6, 6.07) is 4.87. The van der Waals surface area contributed by atoms with E-state index >= 15 is 0 Å². The highest BCUT2D eigenvalue weighted by Gasteiger charge is 2.31. The Labute approximate surface area is 149 Å². The van der Waals surface area contributed by atoms with Gasteiger partial charge in [-0.2, -0.15) is 0 Å². The van der Waals surface area contributed by atoms with Crippen LogP contribution in [0.3, 0.4) is 0 Å². The molecule has 3 N–H and O–H groups in total. The van der Waals surface area contributed by atoms with Gasteiger partial charge in [-0.15, -0.1) is 0 Å². The lowest BCUT2D eigenvalue weighted by Crippen LogP contribution is -2.55. The van der Waals surface area contributed by atoms with Gasteiger partial charge in [-0.3, -0.25) is 0 Å². The number of ether oxygens (including phenoxy) is 1. The summed E-state index contributed by atoms with van der Waals surface area (Å²) in [5.74, 6) is 0.307. The van der Waals surface area contributed by atoms with Crippen molar-refractivity contribution in [3.8, 4) is 5.75 Å².